The number of H-pyrrole nitrogens is 1. The Balaban J connectivity index is 1.43. The minimum absolute atomic E-state index is 0.0619. The van der Waals surface area contributed by atoms with Gasteiger partial charge in [-0.2, -0.15) is 10.2 Å². The predicted molar refractivity (Wildman–Crippen MR) is 106 cm³/mol. The third-order valence-corrected chi connectivity index (χ3v) is 5.43. The largest absolute Gasteiger partial charge is 0.334 e. The molecule has 0 saturated carbocycles. The van der Waals surface area contributed by atoms with Crippen molar-refractivity contribution in [3.63, 3.8) is 0 Å². The smallest absolute Gasteiger partial charge is 0.223 e. The molecular formula is C21H26N6O. The first-order valence-electron chi connectivity index (χ1n) is 9.87. The van der Waals surface area contributed by atoms with Gasteiger partial charge in [0.05, 0.1) is 23.6 Å². The zero-order valence-corrected chi connectivity index (χ0v) is 16.4. The molecule has 0 aromatic carbocycles. The Hall–Kier alpha value is -2.96. The van der Waals surface area contributed by atoms with Gasteiger partial charge < -0.3 is 4.90 Å². The number of likely N-dealkylation sites (tertiary alicyclic amines) is 1. The maximum atomic E-state index is 12.9. The fourth-order valence-electron chi connectivity index (χ4n) is 4.10. The lowest BCUT2D eigenvalue weighted by Gasteiger charge is -2.25. The highest BCUT2D eigenvalue weighted by Crippen LogP contribution is 2.36. The highest BCUT2D eigenvalue weighted by atomic mass is 16.2. The van der Waals surface area contributed by atoms with Crippen molar-refractivity contribution in [2.45, 2.75) is 52.1 Å². The molecule has 1 N–H and O–H groups in total. The summed E-state index contributed by atoms with van der Waals surface area (Å²) in [5, 5.41) is 11.9. The first-order chi connectivity index (χ1) is 13.6. The molecule has 146 valence electrons. The summed E-state index contributed by atoms with van der Waals surface area (Å²) >= 11 is 0. The van der Waals surface area contributed by atoms with Crippen LogP contribution in [0.1, 0.15) is 48.8 Å². The minimum atomic E-state index is 0.0619. The molecule has 1 aliphatic heterocycles. The van der Waals surface area contributed by atoms with E-state index in [-0.39, 0.29) is 11.9 Å². The molecule has 7 heteroatoms. The van der Waals surface area contributed by atoms with E-state index in [1.54, 1.807) is 12.4 Å². The summed E-state index contributed by atoms with van der Waals surface area (Å²) in [6.45, 7) is 5.62. The number of rotatable bonds is 6. The van der Waals surface area contributed by atoms with Gasteiger partial charge in [-0.05, 0) is 56.9 Å². The average molecular weight is 378 g/mol. The molecule has 4 rings (SSSR count). The maximum Gasteiger partial charge on any atom is 0.223 e. The van der Waals surface area contributed by atoms with Crippen LogP contribution in [0.25, 0.3) is 11.1 Å². The summed E-state index contributed by atoms with van der Waals surface area (Å²) in [4.78, 5) is 19.0. The molecule has 0 radical (unpaired) electrons. The molecule has 28 heavy (non-hydrogen) atoms. The summed E-state index contributed by atoms with van der Waals surface area (Å²) in [6.07, 6.45) is 8.71. The SMILES string of the molecule is Cc1cc(C)n(CCCC(=O)N2CCC[C@@H]2c2[nH]ncc2-c2ccncc2)n1. The highest BCUT2D eigenvalue weighted by molar-refractivity contribution is 5.77. The van der Waals surface area contributed by atoms with Crippen molar-refractivity contribution >= 4 is 5.91 Å². The van der Waals surface area contributed by atoms with Gasteiger partial charge in [0, 0.05) is 43.2 Å². The van der Waals surface area contributed by atoms with Crippen LogP contribution in [0.5, 0.6) is 0 Å². The number of carbonyl (C=O) groups is 1. The van der Waals surface area contributed by atoms with Crippen molar-refractivity contribution in [1.82, 2.24) is 29.9 Å². The third kappa shape index (κ3) is 3.69. The molecule has 0 unspecified atom stereocenters. The number of nitrogens with one attached hydrogen (secondary N) is 1. The Bertz CT molecular complexity index is 945. The van der Waals surface area contributed by atoms with Crippen molar-refractivity contribution < 1.29 is 4.79 Å². The summed E-state index contributed by atoms with van der Waals surface area (Å²) in [5.41, 5.74) is 5.31. The van der Waals surface area contributed by atoms with E-state index in [2.05, 4.69) is 33.3 Å². The van der Waals surface area contributed by atoms with E-state index in [4.69, 9.17) is 0 Å². The van der Waals surface area contributed by atoms with Crippen LogP contribution in [0.4, 0.5) is 0 Å². The fourth-order valence-corrected chi connectivity index (χ4v) is 4.10. The first kappa shape index (κ1) is 18.4. The molecule has 3 aromatic heterocycles. The van der Waals surface area contributed by atoms with Crippen molar-refractivity contribution in [2.24, 2.45) is 0 Å². The Morgan fingerprint density at radius 2 is 2.11 bits per heavy atom. The topological polar surface area (TPSA) is 79.7 Å². The number of pyridine rings is 1. The minimum Gasteiger partial charge on any atom is -0.334 e. The van der Waals surface area contributed by atoms with E-state index >= 15 is 0 Å². The second-order valence-corrected chi connectivity index (χ2v) is 7.43. The summed E-state index contributed by atoms with van der Waals surface area (Å²) < 4.78 is 1.99. The fraction of sp³-hybridized carbons (Fsp3) is 0.429. The summed E-state index contributed by atoms with van der Waals surface area (Å²) in [6, 6.07) is 6.08. The van der Waals surface area contributed by atoms with Crippen LogP contribution < -0.4 is 0 Å². The van der Waals surface area contributed by atoms with Crippen LogP contribution in [0.15, 0.2) is 36.8 Å². The molecule has 1 aliphatic rings. The van der Waals surface area contributed by atoms with Crippen molar-refractivity contribution in [3.05, 3.63) is 53.9 Å². The Labute approximate surface area is 164 Å². The maximum absolute atomic E-state index is 12.9. The number of carbonyl (C=O) groups excluding carboxylic acids is 1. The Morgan fingerprint density at radius 3 is 2.86 bits per heavy atom. The molecule has 1 atom stereocenters. The third-order valence-electron chi connectivity index (χ3n) is 5.43. The van der Waals surface area contributed by atoms with Gasteiger partial charge >= 0.3 is 0 Å². The predicted octanol–water partition coefficient (Wildman–Crippen LogP) is 3.43. The molecule has 1 saturated heterocycles. The van der Waals surface area contributed by atoms with Crippen molar-refractivity contribution in [1.29, 1.82) is 0 Å². The monoisotopic (exact) mass is 378 g/mol. The number of aryl methyl sites for hydroxylation is 3. The number of nitrogens with zero attached hydrogens (tertiary/aromatic N) is 5. The number of hydrogen-bond donors (Lipinski definition) is 1. The lowest BCUT2D eigenvalue weighted by molar-refractivity contribution is -0.132. The molecule has 7 nitrogen and oxygen atoms in total. The van der Waals surface area contributed by atoms with E-state index in [1.165, 1.54) is 0 Å². The van der Waals surface area contributed by atoms with E-state index in [0.717, 1.165) is 60.6 Å². The second kappa shape index (κ2) is 7.96. The van der Waals surface area contributed by atoms with E-state index in [1.807, 2.05) is 34.8 Å². The lowest BCUT2D eigenvalue weighted by Crippen LogP contribution is -2.31. The number of aromatic amines is 1. The molecule has 1 amide bonds. The van der Waals surface area contributed by atoms with Gasteiger partial charge in [0.15, 0.2) is 0 Å². The molecule has 0 bridgehead atoms. The normalized spacial score (nSPS) is 16.6. The van der Waals surface area contributed by atoms with E-state index in [0.29, 0.717) is 6.42 Å². The molecule has 0 spiro atoms. The van der Waals surface area contributed by atoms with Gasteiger partial charge in [-0.15, -0.1) is 0 Å². The molecule has 0 aliphatic carbocycles. The van der Waals surface area contributed by atoms with Gasteiger partial charge in [-0.25, -0.2) is 0 Å². The van der Waals surface area contributed by atoms with Crippen LogP contribution >= 0.6 is 0 Å². The molecular weight excluding hydrogens is 352 g/mol. The molecule has 1 fully saturated rings. The zero-order chi connectivity index (χ0) is 19.5. The number of aromatic nitrogens is 5. The van der Waals surface area contributed by atoms with Gasteiger partial charge in [-0.3, -0.25) is 19.6 Å². The Kier molecular flexibility index (Phi) is 5.23. The second-order valence-electron chi connectivity index (χ2n) is 7.43. The van der Waals surface area contributed by atoms with Gasteiger partial charge in [0.2, 0.25) is 5.91 Å². The number of amides is 1. The van der Waals surface area contributed by atoms with E-state index in [9.17, 15) is 4.79 Å². The van der Waals surface area contributed by atoms with E-state index < -0.39 is 0 Å². The lowest BCUT2D eigenvalue weighted by atomic mass is 10.0. The van der Waals surface area contributed by atoms with Crippen LogP contribution in [0.3, 0.4) is 0 Å². The number of hydrogen-bond acceptors (Lipinski definition) is 4. The quantitative estimate of drug-likeness (QED) is 0.713. The summed E-state index contributed by atoms with van der Waals surface area (Å²) in [7, 11) is 0. The van der Waals surface area contributed by atoms with Crippen LogP contribution in [-0.4, -0.2) is 42.3 Å². The van der Waals surface area contributed by atoms with Crippen LogP contribution in [0.2, 0.25) is 0 Å². The molecule has 3 aromatic rings. The standard InChI is InChI=1S/C21H26N6O/c1-15-13-16(2)27(25-15)12-4-6-20(28)26-11-3-5-19(26)21-18(14-23-24-21)17-7-9-22-10-8-17/h7-10,13-14,19H,3-6,11-12H2,1-2H3,(H,23,24)/t19-/m1/s1. The zero-order valence-electron chi connectivity index (χ0n) is 16.4. The van der Waals surface area contributed by atoms with Crippen LogP contribution in [0, 0.1) is 13.8 Å². The molecule has 4 heterocycles. The summed E-state index contributed by atoms with van der Waals surface area (Å²) in [5.74, 6) is 0.208. The van der Waals surface area contributed by atoms with Gasteiger partial charge in [-0.1, -0.05) is 0 Å². The van der Waals surface area contributed by atoms with Gasteiger partial charge in [0.25, 0.3) is 0 Å². The Morgan fingerprint density at radius 1 is 1.29 bits per heavy atom. The first-order valence-corrected chi connectivity index (χ1v) is 9.87. The van der Waals surface area contributed by atoms with Crippen molar-refractivity contribution in [2.75, 3.05) is 6.54 Å². The average Bonchev–Trinajstić information content (AvgIpc) is 3.42. The van der Waals surface area contributed by atoms with Gasteiger partial charge in [0.1, 0.15) is 0 Å². The van der Waals surface area contributed by atoms with Crippen molar-refractivity contribution in [3.8, 4) is 11.1 Å². The van der Waals surface area contributed by atoms with Crippen LogP contribution in [-0.2, 0) is 11.3 Å². The highest BCUT2D eigenvalue weighted by Gasteiger charge is 2.32.